The van der Waals surface area contributed by atoms with E-state index < -0.39 is 6.10 Å². The number of nitrogens with zero attached hydrogens (tertiary/aromatic N) is 4. The summed E-state index contributed by atoms with van der Waals surface area (Å²) in [6.07, 6.45) is 1.99. The zero-order valence-electron chi connectivity index (χ0n) is 11.4. The minimum Gasteiger partial charge on any atom is -0.388 e. The van der Waals surface area contributed by atoms with Crippen LogP contribution in [-0.2, 0) is 13.6 Å². The Labute approximate surface area is 113 Å². The quantitative estimate of drug-likeness (QED) is 0.852. The molecule has 19 heavy (non-hydrogen) atoms. The molecule has 0 spiro atoms. The molecule has 2 rings (SSSR count). The van der Waals surface area contributed by atoms with Crippen LogP contribution < -0.4 is 0 Å². The summed E-state index contributed by atoms with van der Waals surface area (Å²) in [5.41, 5.74) is 0.967. The zero-order valence-corrected chi connectivity index (χ0v) is 11.4. The smallest absolute Gasteiger partial charge is 0.146 e. The summed E-state index contributed by atoms with van der Waals surface area (Å²) in [5, 5.41) is 18.0. The number of aliphatic hydroxyl groups excluding tert-OH is 1. The first-order valence-corrected chi connectivity index (χ1v) is 6.41. The van der Waals surface area contributed by atoms with E-state index in [0.29, 0.717) is 6.42 Å². The van der Waals surface area contributed by atoms with E-state index in [0.717, 1.165) is 24.5 Å². The van der Waals surface area contributed by atoms with Crippen LogP contribution >= 0.6 is 0 Å². The van der Waals surface area contributed by atoms with Crippen LogP contribution in [0.3, 0.4) is 0 Å². The molecule has 0 fully saturated rings. The molecule has 0 saturated heterocycles. The molecule has 1 aromatic heterocycles. The Hall–Kier alpha value is -1.72. The second-order valence-corrected chi connectivity index (χ2v) is 4.81. The van der Waals surface area contributed by atoms with Crippen molar-refractivity contribution in [1.82, 2.24) is 19.7 Å². The SMILES string of the molecule is CN(CC[C@H](O)c1ccccc1)Cc1nncn1C. The Morgan fingerprint density at radius 2 is 2.05 bits per heavy atom. The molecule has 1 N–H and O–H groups in total. The average molecular weight is 260 g/mol. The van der Waals surface area contributed by atoms with Crippen molar-refractivity contribution in [2.75, 3.05) is 13.6 Å². The van der Waals surface area contributed by atoms with E-state index in [4.69, 9.17) is 0 Å². The van der Waals surface area contributed by atoms with Gasteiger partial charge in [-0.2, -0.15) is 0 Å². The maximum atomic E-state index is 10.1. The maximum absolute atomic E-state index is 10.1. The van der Waals surface area contributed by atoms with Crippen molar-refractivity contribution in [2.45, 2.75) is 19.1 Å². The number of hydrogen-bond acceptors (Lipinski definition) is 4. The van der Waals surface area contributed by atoms with Crippen molar-refractivity contribution < 1.29 is 5.11 Å². The second kappa shape index (κ2) is 6.45. The molecule has 0 aliphatic carbocycles. The minimum absolute atomic E-state index is 0.414. The van der Waals surface area contributed by atoms with E-state index in [1.807, 2.05) is 49.0 Å². The molecule has 0 unspecified atom stereocenters. The largest absolute Gasteiger partial charge is 0.388 e. The number of rotatable bonds is 6. The van der Waals surface area contributed by atoms with Gasteiger partial charge in [-0.15, -0.1) is 10.2 Å². The first-order valence-electron chi connectivity index (χ1n) is 6.41. The molecule has 5 nitrogen and oxygen atoms in total. The minimum atomic E-state index is -0.414. The molecule has 1 aromatic carbocycles. The van der Waals surface area contributed by atoms with Crippen molar-refractivity contribution in [3.63, 3.8) is 0 Å². The molecule has 1 atom stereocenters. The molecule has 1 heterocycles. The van der Waals surface area contributed by atoms with Crippen molar-refractivity contribution in [1.29, 1.82) is 0 Å². The third-order valence-electron chi connectivity index (χ3n) is 3.19. The third-order valence-corrected chi connectivity index (χ3v) is 3.19. The summed E-state index contributed by atoms with van der Waals surface area (Å²) < 4.78 is 1.91. The van der Waals surface area contributed by atoms with Crippen LogP contribution in [0.5, 0.6) is 0 Å². The molecule has 0 radical (unpaired) electrons. The highest BCUT2D eigenvalue weighted by atomic mass is 16.3. The average Bonchev–Trinajstić information content (AvgIpc) is 2.82. The number of benzene rings is 1. The van der Waals surface area contributed by atoms with Crippen LogP contribution in [0, 0.1) is 0 Å². The highest BCUT2D eigenvalue weighted by Crippen LogP contribution is 2.16. The fourth-order valence-electron chi connectivity index (χ4n) is 1.96. The van der Waals surface area contributed by atoms with Crippen molar-refractivity contribution in [2.24, 2.45) is 7.05 Å². The first kappa shape index (κ1) is 13.7. The Balaban J connectivity index is 1.81. The summed E-state index contributed by atoms with van der Waals surface area (Å²) in [4.78, 5) is 2.14. The van der Waals surface area contributed by atoms with Gasteiger partial charge in [0.15, 0.2) is 0 Å². The number of aryl methyl sites for hydroxylation is 1. The summed E-state index contributed by atoms with van der Waals surface area (Å²) in [7, 11) is 3.95. The summed E-state index contributed by atoms with van der Waals surface area (Å²) >= 11 is 0. The van der Waals surface area contributed by atoms with E-state index in [1.54, 1.807) is 6.33 Å². The molecular weight excluding hydrogens is 240 g/mol. The van der Waals surface area contributed by atoms with Gasteiger partial charge in [0, 0.05) is 13.6 Å². The molecule has 0 saturated carbocycles. The predicted molar refractivity (Wildman–Crippen MR) is 73.4 cm³/mol. The lowest BCUT2D eigenvalue weighted by Gasteiger charge is -2.18. The molecule has 2 aromatic rings. The predicted octanol–water partition coefficient (Wildman–Crippen LogP) is 1.37. The van der Waals surface area contributed by atoms with Gasteiger partial charge >= 0.3 is 0 Å². The van der Waals surface area contributed by atoms with Crippen molar-refractivity contribution in [3.8, 4) is 0 Å². The summed E-state index contributed by atoms with van der Waals surface area (Å²) in [5.74, 6) is 0.928. The topological polar surface area (TPSA) is 54.2 Å². The molecule has 102 valence electrons. The lowest BCUT2D eigenvalue weighted by atomic mass is 10.1. The lowest BCUT2D eigenvalue weighted by Crippen LogP contribution is -2.22. The first-order chi connectivity index (χ1) is 9.16. The van der Waals surface area contributed by atoms with Crippen LogP contribution in [-0.4, -0.2) is 38.4 Å². The van der Waals surface area contributed by atoms with Gasteiger partial charge in [0.2, 0.25) is 0 Å². The van der Waals surface area contributed by atoms with Crippen molar-refractivity contribution in [3.05, 3.63) is 48.0 Å². The molecule has 5 heteroatoms. The molecule has 0 amide bonds. The van der Waals surface area contributed by atoms with E-state index in [2.05, 4.69) is 15.1 Å². The lowest BCUT2D eigenvalue weighted by molar-refractivity contribution is 0.146. The second-order valence-electron chi connectivity index (χ2n) is 4.81. The monoisotopic (exact) mass is 260 g/mol. The highest BCUT2D eigenvalue weighted by molar-refractivity contribution is 5.17. The number of hydrogen-bond donors (Lipinski definition) is 1. The Bertz CT molecular complexity index is 497. The molecular formula is C14H20N4O. The fourth-order valence-corrected chi connectivity index (χ4v) is 1.96. The van der Waals surface area contributed by atoms with E-state index in [-0.39, 0.29) is 0 Å². The van der Waals surface area contributed by atoms with Crippen LogP contribution in [0.15, 0.2) is 36.7 Å². The number of aromatic nitrogens is 3. The van der Waals surface area contributed by atoms with Crippen LogP contribution in [0.25, 0.3) is 0 Å². The van der Waals surface area contributed by atoms with Crippen molar-refractivity contribution >= 4 is 0 Å². The Morgan fingerprint density at radius 3 is 2.68 bits per heavy atom. The molecule has 0 aliphatic rings. The zero-order chi connectivity index (χ0) is 13.7. The Kier molecular flexibility index (Phi) is 4.65. The van der Waals surface area contributed by atoms with Gasteiger partial charge in [-0.3, -0.25) is 4.90 Å². The van der Waals surface area contributed by atoms with Gasteiger partial charge in [-0.05, 0) is 19.0 Å². The summed E-state index contributed by atoms with van der Waals surface area (Å²) in [6.45, 7) is 1.54. The summed E-state index contributed by atoms with van der Waals surface area (Å²) in [6, 6.07) is 9.75. The standard InChI is InChI=1S/C14H20N4O/c1-17(10-14-16-15-11-18(14)2)9-8-13(19)12-6-4-3-5-7-12/h3-7,11,13,19H,8-10H2,1-2H3/t13-/m0/s1. The fraction of sp³-hybridized carbons (Fsp3) is 0.429. The van der Waals surface area contributed by atoms with E-state index in [1.165, 1.54) is 0 Å². The van der Waals surface area contributed by atoms with Gasteiger partial charge in [-0.1, -0.05) is 30.3 Å². The third kappa shape index (κ3) is 3.87. The van der Waals surface area contributed by atoms with Gasteiger partial charge < -0.3 is 9.67 Å². The maximum Gasteiger partial charge on any atom is 0.146 e. The van der Waals surface area contributed by atoms with Crippen LogP contribution in [0.2, 0.25) is 0 Å². The van der Waals surface area contributed by atoms with Gasteiger partial charge in [0.1, 0.15) is 12.2 Å². The van der Waals surface area contributed by atoms with Gasteiger partial charge in [-0.25, -0.2) is 0 Å². The number of aliphatic hydroxyl groups is 1. The van der Waals surface area contributed by atoms with E-state index >= 15 is 0 Å². The molecule has 0 bridgehead atoms. The molecule has 0 aliphatic heterocycles. The van der Waals surface area contributed by atoms with E-state index in [9.17, 15) is 5.11 Å². The highest BCUT2D eigenvalue weighted by Gasteiger charge is 2.10. The van der Waals surface area contributed by atoms with Gasteiger partial charge in [0.05, 0.1) is 12.6 Å². The van der Waals surface area contributed by atoms with Gasteiger partial charge in [0.25, 0.3) is 0 Å². The normalized spacial score (nSPS) is 12.8. The van der Waals surface area contributed by atoms with Crippen LogP contribution in [0.1, 0.15) is 23.9 Å². The Morgan fingerprint density at radius 1 is 1.32 bits per heavy atom. The van der Waals surface area contributed by atoms with Crippen LogP contribution in [0.4, 0.5) is 0 Å².